The van der Waals surface area contributed by atoms with Gasteiger partial charge in [0.25, 0.3) is 5.91 Å². The highest BCUT2D eigenvalue weighted by Crippen LogP contribution is 2.22. The number of carbonyl (C=O) groups excluding carboxylic acids is 1. The van der Waals surface area contributed by atoms with Crippen LogP contribution in [0.4, 0.5) is 0 Å². The fourth-order valence-electron chi connectivity index (χ4n) is 2.63. The van der Waals surface area contributed by atoms with Crippen LogP contribution in [0, 0.1) is 6.92 Å². The smallest absolute Gasteiger partial charge is 0.266 e. The number of piperidine rings is 1. The van der Waals surface area contributed by atoms with Crippen molar-refractivity contribution in [2.75, 3.05) is 0 Å². The molecule has 1 N–H and O–H groups in total. The van der Waals surface area contributed by atoms with Gasteiger partial charge < -0.3 is 0 Å². The number of rotatable bonds is 2. The molecule has 2 rings (SSSR count). The zero-order valence-corrected chi connectivity index (χ0v) is 13.3. The van der Waals surface area contributed by atoms with Crippen molar-refractivity contribution in [1.82, 2.24) is 10.4 Å². The summed E-state index contributed by atoms with van der Waals surface area (Å²) >= 11 is 3.45. The number of halogens is 1. The van der Waals surface area contributed by atoms with E-state index in [0.717, 1.165) is 22.9 Å². The summed E-state index contributed by atoms with van der Waals surface area (Å²) in [7, 11) is 0. The molecule has 2 atom stereocenters. The summed E-state index contributed by atoms with van der Waals surface area (Å²) in [5.74, 6) is -0.0313. The molecule has 19 heavy (non-hydrogen) atoms. The molecule has 1 amide bonds. The molecule has 0 saturated carbocycles. The van der Waals surface area contributed by atoms with Gasteiger partial charge in [-0.25, -0.2) is 5.01 Å². The highest BCUT2D eigenvalue weighted by molar-refractivity contribution is 9.10. The van der Waals surface area contributed by atoms with Crippen molar-refractivity contribution in [3.8, 4) is 0 Å². The first-order chi connectivity index (χ1) is 8.99. The number of hydrazine groups is 1. The molecule has 104 valence electrons. The van der Waals surface area contributed by atoms with Crippen molar-refractivity contribution in [2.24, 2.45) is 0 Å². The third-order valence-corrected chi connectivity index (χ3v) is 4.48. The van der Waals surface area contributed by atoms with Crippen LogP contribution in [-0.4, -0.2) is 23.0 Å². The van der Waals surface area contributed by atoms with Crippen LogP contribution in [0.1, 0.15) is 49.0 Å². The molecule has 1 aliphatic rings. The third kappa shape index (κ3) is 3.37. The van der Waals surface area contributed by atoms with Crippen LogP contribution >= 0.6 is 15.9 Å². The zero-order valence-electron chi connectivity index (χ0n) is 11.7. The van der Waals surface area contributed by atoms with E-state index in [0.29, 0.717) is 17.6 Å². The maximum Gasteiger partial charge on any atom is 0.266 e. The second kappa shape index (κ2) is 6.06. The minimum Gasteiger partial charge on any atom is -0.284 e. The van der Waals surface area contributed by atoms with Crippen LogP contribution < -0.4 is 5.43 Å². The number of carbonyl (C=O) groups is 1. The molecule has 4 heteroatoms. The maximum atomic E-state index is 12.4. The Bertz CT molecular complexity index is 465. The van der Waals surface area contributed by atoms with Gasteiger partial charge >= 0.3 is 0 Å². The molecule has 0 radical (unpaired) electrons. The Labute approximate surface area is 123 Å². The predicted molar refractivity (Wildman–Crippen MR) is 81.0 cm³/mol. The normalized spacial score (nSPS) is 24.2. The molecule has 1 fully saturated rings. The van der Waals surface area contributed by atoms with Gasteiger partial charge in [-0.1, -0.05) is 18.1 Å². The van der Waals surface area contributed by atoms with Gasteiger partial charge in [-0.05, 0) is 61.7 Å². The van der Waals surface area contributed by atoms with Crippen molar-refractivity contribution in [3.63, 3.8) is 0 Å². The van der Waals surface area contributed by atoms with Gasteiger partial charge in [-0.15, -0.1) is 0 Å². The summed E-state index contributed by atoms with van der Waals surface area (Å²) in [4.78, 5) is 12.4. The SMILES string of the molecule is Cc1ccc(Br)c(C(=O)NN2C(C)CCCC2C)c1. The summed E-state index contributed by atoms with van der Waals surface area (Å²) in [6.45, 7) is 6.33. The van der Waals surface area contributed by atoms with Crippen LogP contribution in [0.2, 0.25) is 0 Å². The van der Waals surface area contributed by atoms with Crippen LogP contribution in [0.3, 0.4) is 0 Å². The van der Waals surface area contributed by atoms with E-state index in [-0.39, 0.29) is 5.91 Å². The fraction of sp³-hybridized carbons (Fsp3) is 0.533. The maximum absolute atomic E-state index is 12.4. The molecule has 0 aromatic heterocycles. The number of hydrogen-bond acceptors (Lipinski definition) is 2. The predicted octanol–water partition coefficient (Wildman–Crippen LogP) is 3.67. The Morgan fingerprint density at radius 1 is 1.32 bits per heavy atom. The summed E-state index contributed by atoms with van der Waals surface area (Å²) in [6.07, 6.45) is 3.52. The van der Waals surface area contributed by atoms with E-state index in [2.05, 4.69) is 40.2 Å². The average molecular weight is 325 g/mol. The van der Waals surface area contributed by atoms with Crippen molar-refractivity contribution < 1.29 is 4.79 Å². The molecule has 1 aromatic carbocycles. The van der Waals surface area contributed by atoms with Crippen molar-refractivity contribution in [1.29, 1.82) is 0 Å². The first kappa shape index (κ1) is 14.5. The number of benzene rings is 1. The lowest BCUT2D eigenvalue weighted by Gasteiger charge is -2.38. The van der Waals surface area contributed by atoms with E-state index < -0.39 is 0 Å². The van der Waals surface area contributed by atoms with Gasteiger partial charge in [-0.2, -0.15) is 0 Å². The van der Waals surface area contributed by atoms with Gasteiger partial charge in [-0.3, -0.25) is 10.2 Å². The topological polar surface area (TPSA) is 32.3 Å². The van der Waals surface area contributed by atoms with Crippen molar-refractivity contribution in [3.05, 3.63) is 33.8 Å². The van der Waals surface area contributed by atoms with Gasteiger partial charge in [0.05, 0.1) is 5.56 Å². The van der Waals surface area contributed by atoms with E-state index in [9.17, 15) is 4.79 Å². The van der Waals surface area contributed by atoms with Crippen LogP contribution in [-0.2, 0) is 0 Å². The van der Waals surface area contributed by atoms with E-state index in [1.807, 2.05) is 25.1 Å². The molecule has 0 bridgehead atoms. The molecule has 1 aliphatic heterocycles. The fourth-order valence-corrected chi connectivity index (χ4v) is 3.06. The summed E-state index contributed by atoms with van der Waals surface area (Å²) in [6, 6.07) is 6.63. The summed E-state index contributed by atoms with van der Waals surface area (Å²) in [5.41, 5.74) is 4.86. The quantitative estimate of drug-likeness (QED) is 0.900. The van der Waals surface area contributed by atoms with Gasteiger partial charge in [0, 0.05) is 16.6 Å². The molecule has 1 aromatic rings. The first-order valence-electron chi connectivity index (χ1n) is 6.84. The lowest BCUT2D eigenvalue weighted by Crippen LogP contribution is -2.54. The Balaban J connectivity index is 2.14. The van der Waals surface area contributed by atoms with E-state index in [1.54, 1.807) is 0 Å². The molecule has 3 nitrogen and oxygen atoms in total. The molecular formula is C15H21BrN2O. The molecule has 0 aliphatic carbocycles. The Kier molecular flexibility index (Phi) is 4.63. The molecule has 2 unspecified atom stereocenters. The van der Waals surface area contributed by atoms with Gasteiger partial charge in [0.15, 0.2) is 0 Å². The second-order valence-electron chi connectivity index (χ2n) is 5.46. The second-order valence-corrected chi connectivity index (χ2v) is 6.31. The Hall–Kier alpha value is -0.870. The Morgan fingerprint density at radius 3 is 2.58 bits per heavy atom. The lowest BCUT2D eigenvalue weighted by atomic mass is 10.00. The lowest BCUT2D eigenvalue weighted by molar-refractivity contribution is 0.0369. The van der Waals surface area contributed by atoms with Crippen LogP contribution in [0.15, 0.2) is 22.7 Å². The first-order valence-corrected chi connectivity index (χ1v) is 7.64. The van der Waals surface area contributed by atoms with E-state index in [4.69, 9.17) is 0 Å². The van der Waals surface area contributed by atoms with Crippen LogP contribution in [0.25, 0.3) is 0 Å². The third-order valence-electron chi connectivity index (χ3n) is 3.79. The minimum absolute atomic E-state index is 0.0313. The van der Waals surface area contributed by atoms with Crippen molar-refractivity contribution in [2.45, 2.75) is 52.1 Å². The van der Waals surface area contributed by atoms with Gasteiger partial charge in [0.2, 0.25) is 0 Å². The zero-order chi connectivity index (χ0) is 14.0. The van der Waals surface area contributed by atoms with Crippen molar-refractivity contribution >= 4 is 21.8 Å². The molecular weight excluding hydrogens is 304 g/mol. The number of aryl methyl sites for hydroxylation is 1. The highest BCUT2D eigenvalue weighted by Gasteiger charge is 2.26. The molecule has 1 heterocycles. The largest absolute Gasteiger partial charge is 0.284 e. The Morgan fingerprint density at radius 2 is 1.95 bits per heavy atom. The average Bonchev–Trinajstić information content (AvgIpc) is 2.37. The molecule has 1 saturated heterocycles. The number of hydrogen-bond donors (Lipinski definition) is 1. The highest BCUT2D eigenvalue weighted by atomic mass is 79.9. The van der Waals surface area contributed by atoms with Gasteiger partial charge in [0.1, 0.15) is 0 Å². The van der Waals surface area contributed by atoms with E-state index >= 15 is 0 Å². The number of nitrogens with one attached hydrogen (secondary N) is 1. The standard InChI is InChI=1S/C15H21BrN2O/c1-10-7-8-14(16)13(9-10)15(19)17-18-11(2)5-4-6-12(18)3/h7-9,11-12H,4-6H2,1-3H3,(H,17,19). The van der Waals surface area contributed by atoms with E-state index in [1.165, 1.54) is 6.42 Å². The summed E-state index contributed by atoms with van der Waals surface area (Å²) < 4.78 is 0.841. The van der Waals surface area contributed by atoms with Crippen LogP contribution in [0.5, 0.6) is 0 Å². The number of amides is 1. The minimum atomic E-state index is -0.0313. The number of nitrogens with zero attached hydrogens (tertiary/aromatic N) is 1. The summed E-state index contributed by atoms with van der Waals surface area (Å²) in [5, 5.41) is 2.10. The monoisotopic (exact) mass is 324 g/mol. The molecule has 0 spiro atoms.